The molecule has 1 heterocycles. The molecule has 0 saturated carbocycles. The van der Waals surface area contributed by atoms with Crippen molar-refractivity contribution in [3.8, 4) is 6.07 Å². The van der Waals surface area contributed by atoms with Crippen LogP contribution in [0.1, 0.15) is 12.0 Å². The van der Waals surface area contributed by atoms with Crippen LogP contribution in [0.2, 0.25) is 0 Å². The molecule has 0 atom stereocenters. The second-order valence-electron chi connectivity index (χ2n) is 4.73. The fourth-order valence-electron chi connectivity index (χ4n) is 2.13. The molecule has 0 radical (unpaired) electrons. The third-order valence-electron chi connectivity index (χ3n) is 3.19. The highest BCUT2D eigenvalue weighted by Gasteiger charge is 2.21. The lowest BCUT2D eigenvalue weighted by Crippen LogP contribution is -2.36. The van der Waals surface area contributed by atoms with E-state index in [4.69, 9.17) is 10.00 Å². The standard InChI is InChI=1S/C14H15N5O4/c15-4-3-14(20)17-16-10-11-1-2-12(13(9-11)19(21)22)18-5-7-23-8-6-18/h1-2,9-10H,3,5-8H2,(H,17,20). The fourth-order valence-corrected chi connectivity index (χ4v) is 2.13. The van der Waals surface area contributed by atoms with E-state index in [-0.39, 0.29) is 12.1 Å². The van der Waals surface area contributed by atoms with E-state index in [0.29, 0.717) is 37.6 Å². The van der Waals surface area contributed by atoms with Gasteiger partial charge in [0.05, 0.1) is 30.4 Å². The van der Waals surface area contributed by atoms with Crippen LogP contribution in [0.3, 0.4) is 0 Å². The number of benzene rings is 1. The molecule has 0 aromatic heterocycles. The third kappa shape index (κ3) is 4.49. The van der Waals surface area contributed by atoms with Gasteiger partial charge in [-0.15, -0.1) is 0 Å². The number of hydrogen-bond acceptors (Lipinski definition) is 7. The zero-order valence-corrected chi connectivity index (χ0v) is 12.3. The lowest BCUT2D eigenvalue weighted by molar-refractivity contribution is -0.384. The second kappa shape index (κ2) is 7.86. The van der Waals surface area contributed by atoms with E-state index in [1.54, 1.807) is 18.2 Å². The topological polar surface area (TPSA) is 121 Å². The second-order valence-corrected chi connectivity index (χ2v) is 4.73. The van der Waals surface area contributed by atoms with Crippen LogP contribution in [0.4, 0.5) is 11.4 Å². The normalized spacial score (nSPS) is 14.5. The Morgan fingerprint density at radius 2 is 2.26 bits per heavy atom. The summed E-state index contributed by atoms with van der Waals surface area (Å²) in [5.41, 5.74) is 3.15. The van der Waals surface area contributed by atoms with E-state index in [1.807, 2.05) is 4.90 Å². The average Bonchev–Trinajstić information content (AvgIpc) is 2.56. The molecule has 2 rings (SSSR count). The molecule has 1 fully saturated rings. The number of rotatable bonds is 5. The van der Waals surface area contributed by atoms with Gasteiger partial charge >= 0.3 is 0 Å². The Morgan fingerprint density at radius 1 is 1.52 bits per heavy atom. The zero-order chi connectivity index (χ0) is 16.7. The number of hydrazone groups is 1. The van der Waals surface area contributed by atoms with Crippen LogP contribution in [-0.2, 0) is 9.53 Å². The highest BCUT2D eigenvalue weighted by molar-refractivity contribution is 5.85. The predicted molar refractivity (Wildman–Crippen MR) is 82.1 cm³/mol. The van der Waals surface area contributed by atoms with Gasteiger partial charge in [-0.2, -0.15) is 10.4 Å². The summed E-state index contributed by atoms with van der Waals surface area (Å²) in [6.07, 6.45) is 0.999. The van der Waals surface area contributed by atoms with Crippen molar-refractivity contribution in [3.05, 3.63) is 33.9 Å². The minimum atomic E-state index is -0.539. The van der Waals surface area contributed by atoms with Gasteiger partial charge in [-0.25, -0.2) is 5.43 Å². The number of amides is 1. The Labute approximate surface area is 132 Å². The van der Waals surface area contributed by atoms with Crippen molar-refractivity contribution < 1.29 is 14.5 Å². The van der Waals surface area contributed by atoms with Crippen LogP contribution in [-0.4, -0.2) is 43.3 Å². The monoisotopic (exact) mass is 317 g/mol. The number of nitrogens with zero attached hydrogens (tertiary/aromatic N) is 4. The van der Waals surface area contributed by atoms with Crippen LogP contribution in [0.5, 0.6) is 0 Å². The molecule has 0 unspecified atom stereocenters. The number of nitro benzene ring substituents is 1. The summed E-state index contributed by atoms with van der Waals surface area (Å²) in [6, 6.07) is 6.42. The van der Waals surface area contributed by atoms with E-state index >= 15 is 0 Å². The van der Waals surface area contributed by atoms with Crippen molar-refractivity contribution in [2.45, 2.75) is 6.42 Å². The fraction of sp³-hybridized carbons (Fsp3) is 0.357. The predicted octanol–water partition coefficient (Wildman–Crippen LogP) is 0.795. The summed E-state index contributed by atoms with van der Waals surface area (Å²) in [6.45, 7) is 2.26. The maximum Gasteiger partial charge on any atom is 0.293 e. The number of nitro groups is 1. The number of nitrogens with one attached hydrogen (secondary N) is 1. The maximum absolute atomic E-state index is 11.3. The van der Waals surface area contributed by atoms with Gasteiger partial charge in [0.15, 0.2) is 0 Å². The maximum atomic E-state index is 11.3. The number of carbonyl (C=O) groups is 1. The quantitative estimate of drug-likeness (QED) is 0.487. The van der Waals surface area contributed by atoms with Crippen LogP contribution < -0.4 is 10.3 Å². The molecule has 23 heavy (non-hydrogen) atoms. The van der Waals surface area contributed by atoms with Gasteiger partial charge in [0.1, 0.15) is 12.1 Å². The molecule has 9 nitrogen and oxygen atoms in total. The summed E-state index contributed by atoms with van der Waals surface area (Å²) >= 11 is 0. The van der Waals surface area contributed by atoms with Crippen LogP contribution in [0, 0.1) is 21.4 Å². The molecule has 1 aromatic carbocycles. The van der Waals surface area contributed by atoms with Crippen molar-refractivity contribution >= 4 is 23.5 Å². The first-order valence-electron chi connectivity index (χ1n) is 6.92. The summed E-state index contributed by atoms with van der Waals surface area (Å²) in [5, 5.41) is 23.3. The molecule has 1 aromatic rings. The average molecular weight is 317 g/mol. The molecule has 0 spiro atoms. The summed E-state index contributed by atoms with van der Waals surface area (Å²) in [4.78, 5) is 23.8. The van der Waals surface area contributed by atoms with E-state index in [1.165, 1.54) is 12.3 Å². The van der Waals surface area contributed by atoms with E-state index < -0.39 is 10.8 Å². The molecule has 120 valence electrons. The minimum absolute atomic E-state index is 0.0285. The molecule has 1 aliphatic rings. The minimum Gasteiger partial charge on any atom is -0.378 e. The molecule has 1 aliphatic heterocycles. The first-order valence-corrected chi connectivity index (χ1v) is 6.92. The highest BCUT2D eigenvalue weighted by atomic mass is 16.6. The van der Waals surface area contributed by atoms with Crippen molar-refractivity contribution in [2.75, 3.05) is 31.2 Å². The van der Waals surface area contributed by atoms with Gasteiger partial charge < -0.3 is 9.64 Å². The number of ether oxygens (including phenoxy) is 1. The number of hydrogen-bond donors (Lipinski definition) is 1. The SMILES string of the molecule is N#CCC(=O)NN=Cc1ccc(N2CCOCC2)c([N+](=O)[O-])c1. The summed E-state index contributed by atoms with van der Waals surface area (Å²) in [7, 11) is 0. The number of morpholine rings is 1. The third-order valence-corrected chi connectivity index (χ3v) is 3.19. The van der Waals surface area contributed by atoms with Crippen LogP contribution >= 0.6 is 0 Å². The van der Waals surface area contributed by atoms with Gasteiger partial charge in [-0.1, -0.05) is 6.07 Å². The largest absolute Gasteiger partial charge is 0.378 e. The Kier molecular flexibility index (Phi) is 5.60. The van der Waals surface area contributed by atoms with Gasteiger partial charge in [-0.3, -0.25) is 14.9 Å². The van der Waals surface area contributed by atoms with Gasteiger partial charge in [0.25, 0.3) is 11.6 Å². The summed E-state index contributed by atoms with van der Waals surface area (Å²) < 4.78 is 5.24. The van der Waals surface area contributed by atoms with Gasteiger partial charge in [-0.05, 0) is 6.07 Å². The lowest BCUT2D eigenvalue weighted by atomic mass is 10.1. The Morgan fingerprint density at radius 3 is 2.91 bits per heavy atom. The number of anilines is 1. The Balaban J connectivity index is 2.15. The lowest BCUT2D eigenvalue weighted by Gasteiger charge is -2.28. The highest BCUT2D eigenvalue weighted by Crippen LogP contribution is 2.29. The molecule has 9 heteroatoms. The first-order chi connectivity index (χ1) is 11.1. The van der Waals surface area contributed by atoms with Crippen molar-refractivity contribution in [1.82, 2.24) is 5.43 Å². The van der Waals surface area contributed by atoms with Crippen molar-refractivity contribution in [3.63, 3.8) is 0 Å². The van der Waals surface area contributed by atoms with Crippen LogP contribution in [0.15, 0.2) is 23.3 Å². The Hall–Kier alpha value is -2.99. The number of nitriles is 1. The molecular formula is C14H15N5O4. The first kappa shape index (κ1) is 16.4. The summed E-state index contributed by atoms with van der Waals surface area (Å²) in [5.74, 6) is -0.539. The van der Waals surface area contributed by atoms with Crippen molar-refractivity contribution in [1.29, 1.82) is 5.26 Å². The molecule has 1 saturated heterocycles. The zero-order valence-electron chi connectivity index (χ0n) is 12.3. The number of carbonyl (C=O) groups excluding carboxylic acids is 1. The van der Waals surface area contributed by atoms with E-state index in [2.05, 4.69) is 10.5 Å². The smallest absolute Gasteiger partial charge is 0.293 e. The molecule has 0 bridgehead atoms. The molecule has 0 aliphatic carbocycles. The Bertz CT molecular complexity index is 662. The van der Waals surface area contributed by atoms with E-state index in [0.717, 1.165) is 0 Å². The van der Waals surface area contributed by atoms with Crippen molar-refractivity contribution in [2.24, 2.45) is 5.10 Å². The molecule has 1 N–H and O–H groups in total. The molecule has 1 amide bonds. The van der Waals surface area contributed by atoms with Gasteiger partial charge in [0, 0.05) is 24.7 Å². The van der Waals surface area contributed by atoms with Gasteiger partial charge in [0.2, 0.25) is 0 Å². The van der Waals surface area contributed by atoms with Crippen LogP contribution in [0.25, 0.3) is 0 Å². The van der Waals surface area contributed by atoms with E-state index in [9.17, 15) is 14.9 Å². The molecular weight excluding hydrogens is 302 g/mol.